The van der Waals surface area contributed by atoms with E-state index in [4.69, 9.17) is 0 Å². The van der Waals surface area contributed by atoms with Crippen molar-refractivity contribution in [2.45, 2.75) is 38.8 Å². The molecule has 0 fully saturated rings. The van der Waals surface area contributed by atoms with Crippen LogP contribution >= 0.6 is 0 Å². The van der Waals surface area contributed by atoms with E-state index in [9.17, 15) is 9.59 Å². The summed E-state index contributed by atoms with van der Waals surface area (Å²) in [6, 6.07) is 7.12. The monoisotopic (exact) mass is 306 g/mol. The molecule has 0 saturated heterocycles. The molecule has 0 aliphatic rings. The average Bonchev–Trinajstić information content (AvgIpc) is 2.48. The van der Waals surface area contributed by atoms with Crippen LogP contribution in [0, 0.1) is 0 Å². The largest absolute Gasteiger partial charge is 0.323 e. The molecule has 0 radical (unpaired) electrons. The molecule has 122 valence electrons. The fourth-order valence-electron chi connectivity index (χ4n) is 1.49. The minimum absolute atomic E-state index is 0.176. The second kappa shape index (κ2) is 6.89. The highest BCUT2D eigenvalue weighted by atomic mass is 16.2. The van der Waals surface area contributed by atoms with Gasteiger partial charge in [-0.25, -0.2) is 0 Å². The van der Waals surface area contributed by atoms with E-state index in [1.54, 1.807) is 66.1 Å². The van der Waals surface area contributed by atoms with Crippen LogP contribution in [0.4, 0.5) is 11.4 Å². The number of carbonyl (C=O) groups excluding carboxylic acids is 2. The van der Waals surface area contributed by atoms with Crippen LogP contribution in [0.1, 0.15) is 27.7 Å². The maximum atomic E-state index is 12.3. The fourth-order valence-corrected chi connectivity index (χ4v) is 1.49. The van der Waals surface area contributed by atoms with Crippen molar-refractivity contribution in [3.63, 3.8) is 0 Å². The summed E-state index contributed by atoms with van der Waals surface area (Å²) >= 11 is 0. The van der Waals surface area contributed by atoms with E-state index in [1.165, 1.54) is 0 Å². The highest BCUT2D eigenvalue weighted by Gasteiger charge is 2.28. The van der Waals surface area contributed by atoms with E-state index in [-0.39, 0.29) is 11.8 Å². The second-order valence-electron chi connectivity index (χ2n) is 6.20. The van der Waals surface area contributed by atoms with Crippen LogP contribution in [-0.4, -0.2) is 37.0 Å². The van der Waals surface area contributed by atoms with Crippen LogP contribution in [-0.2, 0) is 9.59 Å². The highest BCUT2D eigenvalue weighted by molar-refractivity contribution is 6.04. The first-order valence-corrected chi connectivity index (χ1v) is 7.24. The standard InChI is InChI=1S/C16H26N4O2/c1-15(2,17-5)13(21)19-11-9-7-8-10-12(11)20-14(22)16(3,4)18-6/h7-10,17-18H,1-6H3,(H,19,21)(H,20,22). The second-order valence-corrected chi connectivity index (χ2v) is 6.20. The number of rotatable bonds is 6. The molecule has 0 heterocycles. The van der Waals surface area contributed by atoms with E-state index in [2.05, 4.69) is 21.3 Å². The van der Waals surface area contributed by atoms with Gasteiger partial charge in [0.15, 0.2) is 0 Å². The molecule has 0 bridgehead atoms. The normalized spacial score (nSPS) is 11.9. The zero-order valence-corrected chi connectivity index (χ0v) is 14.1. The number of nitrogens with one attached hydrogen (secondary N) is 4. The number of hydrogen-bond acceptors (Lipinski definition) is 4. The van der Waals surface area contributed by atoms with Gasteiger partial charge in [-0.05, 0) is 53.9 Å². The molecule has 1 aromatic carbocycles. The lowest BCUT2D eigenvalue weighted by atomic mass is 10.0. The molecule has 0 saturated carbocycles. The molecule has 0 unspecified atom stereocenters. The predicted octanol–water partition coefficient (Wildman–Crippen LogP) is 1.56. The van der Waals surface area contributed by atoms with Gasteiger partial charge in [0.05, 0.1) is 22.5 Å². The van der Waals surface area contributed by atoms with Gasteiger partial charge in [0.2, 0.25) is 11.8 Å². The lowest BCUT2D eigenvalue weighted by molar-refractivity contribution is -0.121. The molecular weight excluding hydrogens is 280 g/mol. The van der Waals surface area contributed by atoms with Crippen molar-refractivity contribution >= 4 is 23.2 Å². The third-order valence-corrected chi connectivity index (χ3v) is 3.81. The third kappa shape index (κ3) is 4.29. The average molecular weight is 306 g/mol. The van der Waals surface area contributed by atoms with Gasteiger partial charge in [-0.1, -0.05) is 12.1 Å². The highest BCUT2D eigenvalue weighted by Crippen LogP contribution is 2.23. The molecule has 0 aliphatic heterocycles. The maximum Gasteiger partial charge on any atom is 0.244 e. The first kappa shape index (κ1) is 18.1. The van der Waals surface area contributed by atoms with Crippen molar-refractivity contribution < 1.29 is 9.59 Å². The van der Waals surface area contributed by atoms with E-state index < -0.39 is 11.1 Å². The van der Waals surface area contributed by atoms with Crippen LogP contribution in [0.2, 0.25) is 0 Å². The number of anilines is 2. The van der Waals surface area contributed by atoms with Gasteiger partial charge in [-0.15, -0.1) is 0 Å². The topological polar surface area (TPSA) is 82.3 Å². The van der Waals surface area contributed by atoms with E-state index in [1.807, 2.05) is 0 Å². The molecule has 1 rings (SSSR count). The maximum absolute atomic E-state index is 12.3. The summed E-state index contributed by atoms with van der Waals surface area (Å²) in [4.78, 5) is 24.5. The van der Waals surface area contributed by atoms with Crippen molar-refractivity contribution in [3.8, 4) is 0 Å². The number of benzene rings is 1. The lowest BCUT2D eigenvalue weighted by Crippen LogP contribution is -2.49. The van der Waals surface area contributed by atoms with Crippen molar-refractivity contribution in [2.24, 2.45) is 0 Å². The van der Waals surface area contributed by atoms with Crippen molar-refractivity contribution in [3.05, 3.63) is 24.3 Å². The van der Waals surface area contributed by atoms with Crippen LogP contribution < -0.4 is 21.3 Å². The minimum Gasteiger partial charge on any atom is -0.323 e. The molecule has 2 amide bonds. The summed E-state index contributed by atoms with van der Waals surface area (Å²) in [6.45, 7) is 7.14. The lowest BCUT2D eigenvalue weighted by Gasteiger charge is -2.25. The molecule has 6 heteroatoms. The van der Waals surface area contributed by atoms with Crippen molar-refractivity contribution in [1.82, 2.24) is 10.6 Å². The summed E-state index contributed by atoms with van der Waals surface area (Å²) in [7, 11) is 3.45. The Balaban J connectivity index is 2.96. The molecule has 4 N–H and O–H groups in total. The Labute approximate surface area is 132 Å². The van der Waals surface area contributed by atoms with Crippen LogP contribution in [0.5, 0.6) is 0 Å². The fraction of sp³-hybridized carbons (Fsp3) is 0.500. The Morgan fingerprint density at radius 3 is 1.36 bits per heavy atom. The molecule has 0 aromatic heterocycles. The summed E-state index contributed by atoms with van der Waals surface area (Å²) in [5.41, 5.74) is -0.282. The Hall–Kier alpha value is -1.92. The molecule has 22 heavy (non-hydrogen) atoms. The van der Waals surface area contributed by atoms with Gasteiger partial charge in [0.1, 0.15) is 0 Å². The number of carbonyl (C=O) groups is 2. The van der Waals surface area contributed by atoms with E-state index in [0.29, 0.717) is 11.4 Å². The van der Waals surface area contributed by atoms with Gasteiger partial charge < -0.3 is 21.3 Å². The summed E-state index contributed by atoms with van der Waals surface area (Å²) in [5.74, 6) is -0.353. The van der Waals surface area contributed by atoms with Crippen LogP contribution in [0.25, 0.3) is 0 Å². The van der Waals surface area contributed by atoms with Crippen molar-refractivity contribution in [2.75, 3.05) is 24.7 Å². The SMILES string of the molecule is CNC(C)(C)C(=O)Nc1ccccc1NC(=O)C(C)(C)NC. The zero-order valence-electron chi connectivity index (χ0n) is 14.1. The van der Waals surface area contributed by atoms with Gasteiger partial charge in [-0.2, -0.15) is 0 Å². The van der Waals surface area contributed by atoms with Crippen LogP contribution in [0.15, 0.2) is 24.3 Å². The van der Waals surface area contributed by atoms with Gasteiger partial charge in [0.25, 0.3) is 0 Å². The molecule has 1 aromatic rings. The summed E-state index contributed by atoms with van der Waals surface area (Å²) < 4.78 is 0. The molecule has 6 nitrogen and oxygen atoms in total. The molecule has 0 spiro atoms. The van der Waals surface area contributed by atoms with Crippen molar-refractivity contribution in [1.29, 1.82) is 0 Å². The Morgan fingerprint density at radius 2 is 1.09 bits per heavy atom. The molecular formula is C16H26N4O2. The van der Waals surface area contributed by atoms with Crippen LogP contribution in [0.3, 0.4) is 0 Å². The Bertz CT molecular complexity index is 504. The van der Waals surface area contributed by atoms with E-state index >= 15 is 0 Å². The first-order chi connectivity index (χ1) is 10.1. The third-order valence-electron chi connectivity index (χ3n) is 3.81. The first-order valence-electron chi connectivity index (χ1n) is 7.24. The zero-order chi connectivity index (χ0) is 17.0. The Morgan fingerprint density at radius 1 is 0.773 bits per heavy atom. The number of likely N-dealkylation sites (N-methyl/N-ethyl adjacent to an activating group) is 2. The predicted molar refractivity (Wildman–Crippen MR) is 90.0 cm³/mol. The molecule has 0 atom stereocenters. The Kier molecular flexibility index (Phi) is 5.68. The van der Waals surface area contributed by atoms with Gasteiger partial charge >= 0.3 is 0 Å². The minimum atomic E-state index is -0.707. The summed E-state index contributed by atoms with van der Waals surface area (Å²) in [6.07, 6.45) is 0. The van der Waals surface area contributed by atoms with Gasteiger partial charge in [0, 0.05) is 0 Å². The number of hydrogen-bond donors (Lipinski definition) is 4. The van der Waals surface area contributed by atoms with Gasteiger partial charge in [-0.3, -0.25) is 9.59 Å². The van der Waals surface area contributed by atoms with E-state index in [0.717, 1.165) is 0 Å². The number of amides is 2. The number of para-hydroxylation sites is 2. The quantitative estimate of drug-likeness (QED) is 0.643. The molecule has 0 aliphatic carbocycles. The summed E-state index contributed by atoms with van der Waals surface area (Å²) in [5, 5.41) is 11.6. The smallest absolute Gasteiger partial charge is 0.244 e.